The molecule has 3 aromatic carbocycles. The highest BCUT2D eigenvalue weighted by Crippen LogP contribution is 2.24. The fourth-order valence-electron chi connectivity index (χ4n) is 3.99. The minimum absolute atomic E-state index is 0.133. The van der Waals surface area contributed by atoms with Crippen molar-refractivity contribution < 1.29 is 27.2 Å². The highest BCUT2D eigenvalue weighted by Gasteiger charge is 2.19. The number of nitrogens with zero attached hydrogens (tertiary/aromatic N) is 2. The van der Waals surface area contributed by atoms with Crippen molar-refractivity contribution in [1.29, 1.82) is 0 Å². The second kappa shape index (κ2) is 12.6. The normalized spacial score (nSPS) is 11.4. The van der Waals surface area contributed by atoms with E-state index < -0.39 is 15.9 Å². The first-order chi connectivity index (χ1) is 19.5. The average molecular weight is 574 g/mol. The summed E-state index contributed by atoms with van der Waals surface area (Å²) >= 11 is 0. The lowest BCUT2D eigenvalue weighted by Crippen LogP contribution is -2.29. The second-order valence-corrected chi connectivity index (χ2v) is 11.3. The molecule has 1 N–H and O–H groups in total. The standard InChI is InChI=1S/C31H31N3O6S/c1-5-39-31(36)26-13-11-24(12-14-26)29-17-16-28(40-29)19-32-33-30(35)25-9-7-23(8-10-25)20-34(41(4,37)38)27-15-6-21(2)22(3)18-27/h6-19H,5,20H2,1-4H3,(H,33,35)/b32-19-. The molecule has 1 heterocycles. The summed E-state index contributed by atoms with van der Waals surface area (Å²) in [6.07, 6.45) is 2.56. The van der Waals surface area contributed by atoms with E-state index in [0.29, 0.717) is 34.9 Å². The Labute approximate surface area is 239 Å². The molecular weight excluding hydrogens is 542 g/mol. The number of anilines is 1. The Hall–Kier alpha value is -4.70. The van der Waals surface area contributed by atoms with Gasteiger partial charge in [0, 0.05) is 11.1 Å². The summed E-state index contributed by atoms with van der Waals surface area (Å²) in [7, 11) is -3.53. The Morgan fingerprint density at radius 1 is 0.927 bits per heavy atom. The molecule has 9 nitrogen and oxygen atoms in total. The van der Waals surface area contributed by atoms with Gasteiger partial charge in [0.1, 0.15) is 11.5 Å². The fourth-order valence-corrected chi connectivity index (χ4v) is 4.87. The number of carbonyl (C=O) groups is 2. The number of sulfonamides is 1. The Morgan fingerprint density at radius 3 is 2.24 bits per heavy atom. The molecule has 1 amide bonds. The van der Waals surface area contributed by atoms with Gasteiger partial charge in [-0.05, 0) is 86.0 Å². The van der Waals surface area contributed by atoms with E-state index in [4.69, 9.17) is 9.15 Å². The maximum Gasteiger partial charge on any atom is 0.338 e. The van der Waals surface area contributed by atoms with Crippen molar-refractivity contribution in [2.75, 3.05) is 17.2 Å². The van der Waals surface area contributed by atoms with Crippen molar-refractivity contribution in [1.82, 2.24) is 5.43 Å². The zero-order valence-electron chi connectivity index (χ0n) is 23.2. The molecule has 0 saturated carbocycles. The summed E-state index contributed by atoms with van der Waals surface area (Å²) in [4.78, 5) is 24.4. The largest absolute Gasteiger partial charge is 0.462 e. The predicted octanol–water partition coefficient (Wildman–Crippen LogP) is 5.47. The van der Waals surface area contributed by atoms with Crippen molar-refractivity contribution in [3.05, 3.63) is 112 Å². The molecule has 0 aliphatic heterocycles. The molecule has 0 spiro atoms. The number of furan rings is 1. The van der Waals surface area contributed by atoms with Gasteiger partial charge in [0.25, 0.3) is 5.91 Å². The van der Waals surface area contributed by atoms with Crippen LogP contribution in [0.1, 0.15) is 50.1 Å². The Kier molecular flexibility index (Phi) is 9.04. The molecule has 0 saturated heterocycles. The number of hydrogen-bond donors (Lipinski definition) is 1. The number of ether oxygens (including phenoxy) is 1. The van der Waals surface area contributed by atoms with Crippen LogP contribution < -0.4 is 9.73 Å². The van der Waals surface area contributed by atoms with E-state index in [2.05, 4.69) is 10.5 Å². The van der Waals surface area contributed by atoms with Crippen LogP contribution in [0.4, 0.5) is 5.69 Å². The molecular formula is C31H31N3O6S. The summed E-state index contributed by atoms with van der Waals surface area (Å²) in [5.41, 5.74) is 7.44. The van der Waals surface area contributed by atoms with Crippen molar-refractivity contribution in [2.24, 2.45) is 5.10 Å². The molecule has 0 aliphatic carbocycles. The van der Waals surface area contributed by atoms with Crippen molar-refractivity contribution in [3.63, 3.8) is 0 Å². The minimum Gasteiger partial charge on any atom is -0.462 e. The number of esters is 1. The van der Waals surface area contributed by atoms with E-state index in [9.17, 15) is 18.0 Å². The first kappa shape index (κ1) is 29.3. The van der Waals surface area contributed by atoms with Gasteiger partial charge in [0.15, 0.2) is 0 Å². The van der Waals surface area contributed by atoms with E-state index in [1.807, 2.05) is 26.0 Å². The lowest BCUT2D eigenvalue weighted by molar-refractivity contribution is 0.0526. The summed E-state index contributed by atoms with van der Waals surface area (Å²) in [6, 6.07) is 22.5. The summed E-state index contributed by atoms with van der Waals surface area (Å²) in [5, 5.41) is 3.97. The van der Waals surface area contributed by atoms with Crippen LogP contribution in [0.3, 0.4) is 0 Å². The fraction of sp³-hybridized carbons (Fsp3) is 0.194. The van der Waals surface area contributed by atoms with Crippen LogP contribution >= 0.6 is 0 Å². The van der Waals surface area contributed by atoms with Gasteiger partial charge in [-0.1, -0.05) is 30.3 Å². The van der Waals surface area contributed by atoms with Crippen LogP contribution in [0.15, 0.2) is 88.4 Å². The third-order valence-electron chi connectivity index (χ3n) is 6.39. The van der Waals surface area contributed by atoms with Crippen LogP contribution in [0, 0.1) is 13.8 Å². The first-order valence-corrected chi connectivity index (χ1v) is 14.7. The second-order valence-electron chi connectivity index (χ2n) is 9.43. The average Bonchev–Trinajstić information content (AvgIpc) is 3.42. The molecule has 212 valence electrons. The molecule has 4 rings (SSSR count). The van der Waals surface area contributed by atoms with Crippen molar-refractivity contribution >= 4 is 33.8 Å². The smallest absolute Gasteiger partial charge is 0.338 e. The van der Waals surface area contributed by atoms with Gasteiger partial charge in [0.05, 0.1) is 36.9 Å². The van der Waals surface area contributed by atoms with Gasteiger partial charge in [-0.15, -0.1) is 0 Å². The van der Waals surface area contributed by atoms with Gasteiger partial charge < -0.3 is 9.15 Å². The first-order valence-electron chi connectivity index (χ1n) is 12.9. The maximum absolute atomic E-state index is 12.6. The van der Waals surface area contributed by atoms with E-state index in [-0.39, 0.29) is 12.5 Å². The quantitative estimate of drug-likeness (QED) is 0.153. The molecule has 0 unspecified atom stereocenters. The number of amides is 1. The molecule has 0 aliphatic rings. The van der Waals surface area contributed by atoms with E-state index in [1.54, 1.807) is 73.7 Å². The molecule has 41 heavy (non-hydrogen) atoms. The lowest BCUT2D eigenvalue weighted by Gasteiger charge is -2.23. The molecule has 0 fully saturated rings. The number of benzene rings is 3. The molecule has 10 heteroatoms. The minimum atomic E-state index is -3.53. The van der Waals surface area contributed by atoms with Crippen LogP contribution in [-0.4, -0.2) is 39.4 Å². The van der Waals surface area contributed by atoms with Crippen LogP contribution in [0.5, 0.6) is 0 Å². The Morgan fingerprint density at radius 2 is 1.61 bits per heavy atom. The van der Waals surface area contributed by atoms with Crippen LogP contribution in [-0.2, 0) is 21.3 Å². The zero-order valence-corrected chi connectivity index (χ0v) is 24.1. The third-order valence-corrected chi connectivity index (χ3v) is 7.53. The molecule has 4 aromatic rings. The van der Waals surface area contributed by atoms with Crippen molar-refractivity contribution in [3.8, 4) is 11.3 Å². The highest BCUT2D eigenvalue weighted by atomic mass is 32.2. The van der Waals surface area contributed by atoms with Crippen LogP contribution in [0.25, 0.3) is 11.3 Å². The van der Waals surface area contributed by atoms with Gasteiger partial charge in [-0.25, -0.2) is 18.6 Å². The molecule has 0 bridgehead atoms. The number of hydrazone groups is 1. The monoisotopic (exact) mass is 573 g/mol. The summed E-state index contributed by atoms with van der Waals surface area (Å²) < 4.78 is 37.1. The van der Waals surface area contributed by atoms with E-state index in [1.165, 1.54) is 16.8 Å². The van der Waals surface area contributed by atoms with Gasteiger partial charge in [-0.3, -0.25) is 9.10 Å². The van der Waals surface area contributed by atoms with E-state index in [0.717, 1.165) is 22.3 Å². The summed E-state index contributed by atoms with van der Waals surface area (Å²) in [6.45, 7) is 6.10. The number of nitrogens with one attached hydrogen (secondary N) is 1. The van der Waals surface area contributed by atoms with E-state index >= 15 is 0 Å². The summed E-state index contributed by atoms with van der Waals surface area (Å²) in [5.74, 6) is 0.193. The number of rotatable bonds is 10. The topological polar surface area (TPSA) is 118 Å². The predicted molar refractivity (Wildman–Crippen MR) is 159 cm³/mol. The van der Waals surface area contributed by atoms with Crippen molar-refractivity contribution in [2.45, 2.75) is 27.3 Å². The van der Waals surface area contributed by atoms with Gasteiger partial charge >= 0.3 is 5.97 Å². The number of hydrogen-bond acceptors (Lipinski definition) is 7. The van der Waals surface area contributed by atoms with Gasteiger partial charge in [0.2, 0.25) is 10.0 Å². The van der Waals surface area contributed by atoms with Crippen LogP contribution in [0.2, 0.25) is 0 Å². The third kappa shape index (κ3) is 7.49. The van der Waals surface area contributed by atoms with Gasteiger partial charge in [-0.2, -0.15) is 5.10 Å². The highest BCUT2D eigenvalue weighted by molar-refractivity contribution is 7.92. The molecule has 1 aromatic heterocycles. The number of carbonyl (C=O) groups excluding carboxylic acids is 2. The zero-order chi connectivity index (χ0) is 29.6. The number of aryl methyl sites for hydroxylation is 2. The Bertz CT molecular complexity index is 1670. The molecule has 0 radical (unpaired) electrons. The SMILES string of the molecule is CCOC(=O)c1ccc(-c2ccc(/C=N\NC(=O)c3ccc(CN(c4ccc(C)c(C)c4)S(C)(=O)=O)cc3)o2)cc1. The lowest BCUT2D eigenvalue weighted by atomic mass is 10.1. The maximum atomic E-state index is 12.6. The molecule has 0 atom stereocenters. The Balaban J connectivity index is 1.37.